The van der Waals surface area contributed by atoms with Gasteiger partial charge < -0.3 is 10.2 Å². The molecular weight excluding hydrogens is 320 g/mol. The molecule has 1 N–H and O–H groups in total. The maximum atomic E-state index is 12.8. The number of rotatable bonds is 5. The molecular formula is C17H24N6O2. The van der Waals surface area contributed by atoms with Gasteiger partial charge in [0, 0.05) is 37.6 Å². The highest BCUT2D eigenvalue weighted by Gasteiger charge is 2.31. The van der Waals surface area contributed by atoms with Crippen LogP contribution >= 0.6 is 0 Å². The predicted octanol–water partition coefficient (Wildman–Crippen LogP) is 0.532. The van der Waals surface area contributed by atoms with E-state index in [1.165, 1.54) is 6.20 Å². The van der Waals surface area contributed by atoms with Crippen molar-refractivity contribution < 1.29 is 9.59 Å². The van der Waals surface area contributed by atoms with Crippen molar-refractivity contribution in [1.82, 2.24) is 29.7 Å². The zero-order chi connectivity index (χ0) is 18.0. The number of carbonyl (C=O) groups excluding carboxylic acids is 2. The zero-order valence-corrected chi connectivity index (χ0v) is 14.9. The summed E-state index contributed by atoms with van der Waals surface area (Å²) >= 11 is 0. The van der Waals surface area contributed by atoms with Crippen LogP contribution in [0.25, 0.3) is 5.65 Å². The quantitative estimate of drug-likeness (QED) is 0.856. The Bertz CT molecular complexity index is 783. The Balaban J connectivity index is 1.85. The molecule has 0 aromatic carbocycles. The minimum absolute atomic E-state index is 0.134. The van der Waals surface area contributed by atoms with Crippen molar-refractivity contribution in [3.8, 4) is 0 Å². The van der Waals surface area contributed by atoms with Crippen molar-refractivity contribution in [2.75, 3.05) is 26.2 Å². The third-order valence-electron chi connectivity index (χ3n) is 4.70. The summed E-state index contributed by atoms with van der Waals surface area (Å²) in [6, 6.07) is -0.488. The molecule has 25 heavy (non-hydrogen) atoms. The molecule has 0 saturated carbocycles. The summed E-state index contributed by atoms with van der Waals surface area (Å²) in [6.07, 6.45) is 5.23. The van der Waals surface area contributed by atoms with E-state index in [1.807, 2.05) is 6.20 Å². The molecule has 1 aliphatic rings. The van der Waals surface area contributed by atoms with Gasteiger partial charge in [-0.25, -0.2) is 9.50 Å². The van der Waals surface area contributed by atoms with Gasteiger partial charge in [-0.15, -0.1) is 0 Å². The van der Waals surface area contributed by atoms with Gasteiger partial charge in [-0.05, 0) is 20.0 Å². The lowest BCUT2D eigenvalue weighted by atomic mass is 10.1. The Morgan fingerprint density at radius 3 is 2.84 bits per heavy atom. The maximum absolute atomic E-state index is 12.8. The summed E-state index contributed by atoms with van der Waals surface area (Å²) in [7, 11) is 0. The normalized spacial score (nSPS) is 18.0. The van der Waals surface area contributed by atoms with Gasteiger partial charge in [0.15, 0.2) is 5.65 Å². The largest absolute Gasteiger partial charge is 0.353 e. The van der Waals surface area contributed by atoms with Crippen LogP contribution < -0.4 is 5.32 Å². The molecule has 1 saturated heterocycles. The summed E-state index contributed by atoms with van der Waals surface area (Å²) < 4.78 is 1.64. The Morgan fingerprint density at radius 2 is 2.12 bits per heavy atom. The van der Waals surface area contributed by atoms with Crippen molar-refractivity contribution in [3.05, 3.63) is 29.7 Å². The zero-order valence-electron chi connectivity index (χ0n) is 14.9. The van der Waals surface area contributed by atoms with Crippen LogP contribution in [0.5, 0.6) is 0 Å². The highest BCUT2D eigenvalue weighted by molar-refractivity contribution is 6.02. The molecule has 1 atom stereocenters. The van der Waals surface area contributed by atoms with E-state index < -0.39 is 6.04 Å². The van der Waals surface area contributed by atoms with Gasteiger partial charge in [-0.1, -0.05) is 13.8 Å². The molecule has 0 bridgehead atoms. The van der Waals surface area contributed by atoms with E-state index in [0.717, 1.165) is 25.2 Å². The molecule has 2 amide bonds. The number of fused-ring (bicyclic) bond motifs is 1. The van der Waals surface area contributed by atoms with Crippen LogP contribution in [0.15, 0.2) is 18.6 Å². The highest BCUT2D eigenvalue weighted by Crippen LogP contribution is 2.15. The molecule has 2 aromatic heterocycles. The van der Waals surface area contributed by atoms with E-state index in [4.69, 9.17) is 0 Å². The van der Waals surface area contributed by atoms with Crippen molar-refractivity contribution in [3.63, 3.8) is 0 Å². The van der Waals surface area contributed by atoms with Gasteiger partial charge in [-0.3, -0.25) is 14.5 Å². The standard InChI is InChI=1S/C17H24N6O2/c1-4-21(5-2)10-13-8-19-15-14(9-20-23(15)11-13)17(25)22-7-6-18-16(24)12(22)3/h8-9,11-12H,4-7,10H2,1-3H3,(H,18,24)/t12-/m1/s1. The molecule has 0 unspecified atom stereocenters. The predicted molar refractivity (Wildman–Crippen MR) is 93.1 cm³/mol. The number of amides is 2. The molecule has 8 nitrogen and oxygen atoms in total. The van der Waals surface area contributed by atoms with E-state index in [1.54, 1.807) is 22.5 Å². The highest BCUT2D eigenvalue weighted by atomic mass is 16.2. The fraction of sp³-hybridized carbons (Fsp3) is 0.529. The second-order valence-electron chi connectivity index (χ2n) is 6.22. The lowest BCUT2D eigenvalue weighted by Gasteiger charge is -2.32. The van der Waals surface area contributed by atoms with Gasteiger partial charge in [0.1, 0.15) is 11.6 Å². The Labute approximate surface area is 146 Å². The molecule has 3 heterocycles. The summed E-state index contributed by atoms with van der Waals surface area (Å²) in [5.74, 6) is -0.341. The Hall–Kier alpha value is -2.48. The van der Waals surface area contributed by atoms with Gasteiger partial charge in [0.2, 0.25) is 5.91 Å². The topological polar surface area (TPSA) is 82.8 Å². The van der Waals surface area contributed by atoms with Crippen LogP contribution in [-0.2, 0) is 11.3 Å². The number of nitrogens with zero attached hydrogens (tertiary/aromatic N) is 5. The summed E-state index contributed by atoms with van der Waals surface area (Å²) in [6.45, 7) is 9.65. The number of aromatic nitrogens is 3. The first-order valence-electron chi connectivity index (χ1n) is 8.68. The first kappa shape index (κ1) is 17.3. The van der Waals surface area contributed by atoms with Gasteiger partial charge in [0.05, 0.1) is 6.20 Å². The molecule has 1 fully saturated rings. The first-order valence-corrected chi connectivity index (χ1v) is 8.68. The second kappa shape index (κ2) is 7.18. The Kier molecular flexibility index (Phi) is 4.98. The molecule has 1 aliphatic heterocycles. The van der Waals surface area contributed by atoms with Crippen LogP contribution in [0, 0.1) is 0 Å². The van der Waals surface area contributed by atoms with E-state index >= 15 is 0 Å². The molecule has 0 spiro atoms. The molecule has 2 aromatic rings. The van der Waals surface area contributed by atoms with E-state index in [0.29, 0.717) is 24.3 Å². The average Bonchev–Trinajstić information content (AvgIpc) is 3.04. The third-order valence-corrected chi connectivity index (χ3v) is 4.70. The SMILES string of the molecule is CCN(CC)Cc1cnc2c(C(=O)N3CCNC(=O)[C@H]3C)cnn2c1. The van der Waals surface area contributed by atoms with Gasteiger partial charge in [-0.2, -0.15) is 5.10 Å². The second-order valence-corrected chi connectivity index (χ2v) is 6.22. The number of piperazine rings is 1. The minimum atomic E-state index is -0.488. The molecule has 8 heteroatoms. The maximum Gasteiger partial charge on any atom is 0.260 e. The number of nitrogens with one attached hydrogen (secondary N) is 1. The van der Waals surface area contributed by atoms with Crippen molar-refractivity contribution in [2.24, 2.45) is 0 Å². The fourth-order valence-electron chi connectivity index (χ4n) is 3.07. The van der Waals surface area contributed by atoms with Crippen LogP contribution in [-0.4, -0.2) is 68.4 Å². The number of carbonyl (C=O) groups is 2. The van der Waals surface area contributed by atoms with Crippen LogP contribution in [0.3, 0.4) is 0 Å². The first-order chi connectivity index (χ1) is 12.0. The molecule has 134 valence electrons. The number of hydrogen-bond donors (Lipinski definition) is 1. The lowest BCUT2D eigenvalue weighted by molar-refractivity contribution is -0.127. The lowest BCUT2D eigenvalue weighted by Crippen LogP contribution is -2.55. The van der Waals surface area contributed by atoms with Crippen molar-refractivity contribution in [2.45, 2.75) is 33.4 Å². The Morgan fingerprint density at radius 1 is 1.36 bits per heavy atom. The summed E-state index contributed by atoms with van der Waals surface area (Å²) in [4.78, 5) is 32.9. The van der Waals surface area contributed by atoms with Gasteiger partial charge >= 0.3 is 0 Å². The minimum Gasteiger partial charge on any atom is -0.353 e. The molecule has 0 aliphatic carbocycles. The summed E-state index contributed by atoms with van der Waals surface area (Å²) in [5.41, 5.74) is 1.99. The monoisotopic (exact) mass is 344 g/mol. The summed E-state index contributed by atoms with van der Waals surface area (Å²) in [5, 5.41) is 7.05. The molecule has 0 radical (unpaired) electrons. The van der Waals surface area contributed by atoms with Crippen molar-refractivity contribution >= 4 is 17.5 Å². The third kappa shape index (κ3) is 3.34. The van der Waals surface area contributed by atoms with Crippen LogP contribution in [0.1, 0.15) is 36.7 Å². The van der Waals surface area contributed by atoms with Crippen molar-refractivity contribution in [1.29, 1.82) is 0 Å². The average molecular weight is 344 g/mol. The van der Waals surface area contributed by atoms with Crippen LogP contribution in [0.2, 0.25) is 0 Å². The fourth-order valence-corrected chi connectivity index (χ4v) is 3.07. The number of hydrogen-bond acceptors (Lipinski definition) is 5. The van der Waals surface area contributed by atoms with Gasteiger partial charge in [0.25, 0.3) is 5.91 Å². The molecule has 3 rings (SSSR count). The van der Waals surface area contributed by atoms with Crippen LogP contribution in [0.4, 0.5) is 0 Å². The van der Waals surface area contributed by atoms with E-state index in [9.17, 15) is 9.59 Å². The smallest absolute Gasteiger partial charge is 0.260 e. The van der Waals surface area contributed by atoms with E-state index in [-0.39, 0.29) is 11.8 Å². The van der Waals surface area contributed by atoms with E-state index in [2.05, 4.69) is 34.1 Å².